The lowest BCUT2D eigenvalue weighted by Crippen LogP contribution is -2.23. The molecule has 134 valence electrons. The fraction of sp³-hybridized carbons (Fsp3) is 0.0909. The summed E-state index contributed by atoms with van der Waals surface area (Å²) in [7, 11) is 1.63. The van der Waals surface area contributed by atoms with Crippen molar-refractivity contribution in [2.24, 2.45) is 5.10 Å². The van der Waals surface area contributed by atoms with E-state index >= 15 is 0 Å². The van der Waals surface area contributed by atoms with Crippen molar-refractivity contribution in [2.75, 3.05) is 13.7 Å². The molecular formula is C22H19N3O2. The smallest absolute Gasteiger partial charge is 0.252 e. The third-order valence-electron chi connectivity index (χ3n) is 4.48. The summed E-state index contributed by atoms with van der Waals surface area (Å²) in [6.45, 7) is 0.106. The number of carbonyl (C=O) groups excluding carboxylic acids is 1. The zero-order valence-corrected chi connectivity index (χ0v) is 14.9. The highest BCUT2D eigenvalue weighted by Gasteiger charge is 2.14. The monoisotopic (exact) mass is 357 g/mol. The molecule has 0 amide bonds. The third-order valence-corrected chi connectivity index (χ3v) is 4.48. The van der Waals surface area contributed by atoms with Crippen LogP contribution in [0.15, 0.2) is 77.9 Å². The maximum absolute atomic E-state index is 12.8. The highest BCUT2D eigenvalue weighted by molar-refractivity contribution is 6.13. The largest absolute Gasteiger partial charge is 0.497 e. The standard InChI is InChI=1S/C22H19N3O2/c1-27-17-12-10-16(11-13-17)14-23-24-15-22(26)25-20-8-4-2-6-18(20)19-7-3-5-9-21(19)25/h2-14,24H,15H2,1H3/b23-14+. The molecule has 0 atom stereocenters. The van der Waals surface area contributed by atoms with E-state index < -0.39 is 0 Å². The van der Waals surface area contributed by atoms with Crippen molar-refractivity contribution in [3.8, 4) is 5.75 Å². The van der Waals surface area contributed by atoms with E-state index in [-0.39, 0.29) is 12.5 Å². The zero-order valence-electron chi connectivity index (χ0n) is 14.9. The minimum absolute atomic E-state index is 0.0562. The molecule has 0 unspecified atom stereocenters. The highest BCUT2D eigenvalue weighted by atomic mass is 16.5. The Labute approximate surface area is 156 Å². The van der Waals surface area contributed by atoms with Gasteiger partial charge in [0, 0.05) is 10.8 Å². The number of benzene rings is 3. The molecule has 0 bridgehead atoms. The Hall–Kier alpha value is -3.60. The van der Waals surface area contributed by atoms with Crippen LogP contribution in [0, 0.1) is 0 Å². The van der Waals surface area contributed by atoms with Gasteiger partial charge in [-0.15, -0.1) is 0 Å². The van der Waals surface area contributed by atoms with Gasteiger partial charge in [0.05, 0.1) is 24.4 Å². The van der Waals surface area contributed by atoms with Gasteiger partial charge < -0.3 is 10.2 Å². The fourth-order valence-electron chi connectivity index (χ4n) is 3.19. The lowest BCUT2D eigenvalue weighted by molar-refractivity contribution is 0.0923. The predicted molar refractivity (Wildman–Crippen MR) is 109 cm³/mol. The Morgan fingerprint density at radius 3 is 2.15 bits per heavy atom. The number of carbonyl (C=O) groups is 1. The van der Waals surface area contributed by atoms with Gasteiger partial charge in [0.15, 0.2) is 0 Å². The Balaban J connectivity index is 1.53. The Bertz CT molecular complexity index is 1070. The average Bonchev–Trinajstić information content (AvgIpc) is 3.06. The van der Waals surface area contributed by atoms with Crippen molar-refractivity contribution in [1.29, 1.82) is 0 Å². The molecule has 0 aliphatic heterocycles. The van der Waals surface area contributed by atoms with Crippen LogP contribution in [0.1, 0.15) is 10.4 Å². The molecule has 0 aliphatic rings. The molecule has 3 aromatic carbocycles. The van der Waals surface area contributed by atoms with E-state index in [1.807, 2.05) is 72.8 Å². The molecule has 5 nitrogen and oxygen atoms in total. The summed E-state index contributed by atoms with van der Waals surface area (Å²) >= 11 is 0. The summed E-state index contributed by atoms with van der Waals surface area (Å²) in [4.78, 5) is 12.8. The summed E-state index contributed by atoms with van der Waals surface area (Å²) < 4.78 is 6.88. The minimum Gasteiger partial charge on any atom is -0.497 e. The van der Waals surface area contributed by atoms with Crippen LogP contribution in [0.3, 0.4) is 0 Å². The number of hydrogen-bond donors (Lipinski definition) is 1. The van der Waals surface area contributed by atoms with Crippen LogP contribution < -0.4 is 10.2 Å². The van der Waals surface area contributed by atoms with E-state index in [1.54, 1.807) is 17.9 Å². The summed E-state index contributed by atoms with van der Waals surface area (Å²) in [6.07, 6.45) is 1.68. The van der Waals surface area contributed by atoms with Gasteiger partial charge in [-0.3, -0.25) is 9.36 Å². The van der Waals surface area contributed by atoms with Gasteiger partial charge in [0.25, 0.3) is 5.91 Å². The van der Waals surface area contributed by atoms with Crippen molar-refractivity contribution < 1.29 is 9.53 Å². The van der Waals surface area contributed by atoms with Crippen LogP contribution >= 0.6 is 0 Å². The van der Waals surface area contributed by atoms with Crippen LogP contribution in [0.2, 0.25) is 0 Å². The Morgan fingerprint density at radius 2 is 1.56 bits per heavy atom. The maximum atomic E-state index is 12.8. The van der Waals surface area contributed by atoms with Gasteiger partial charge in [0.2, 0.25) is 0 Å². The van der Waals surface area contributed by atoms with E-state index in [9.17, 15) is 4.79 Å². The van der Waals surface area contributed by atoms with Gasteiger partial charge in [-0.2, -0.15) is 5.10 Å². The number of hydrazone groups is 1. The van der Waals surface area contributed by atoms with E-state index in [0.29, 0.717) is 0 Å². The van der Waals surface area contributed by atoms with Crippen molar-refractivity contribution in [3.63, 3.8) is 0 Å². The average molecular weight is 357 g/mol. The second-order valence-electron chi connectivity index (χ2n) is 6.13. The van der Waals surface area contributed by atoms with E-state index in [2.05, 4.69) is 10.5 Å². The molecule has 0 aliphatic carbocycles. The van der Waals surface area contributed by atoms with Gasteiger partial charge in [-0.05, 0) is 42.0 Å². The number of rotatable bonds is 5. The van der Waals surface area contributed by atoms with Crippen molar-refractivity contribution in [3.05, 3.63) is 78.4 Å². The first-order valence-corrected chi connectivity index (χ1v) is 8.69. The molecule has 0 spiro atoms. The number of nitrogens with zero attached hydrogens (tertiary/aromatic N) is 2. The molecule has 4 rings (SSSR count). The SMILES string of the molecule is COc1ccc(/C=N/NCC(=O)n2c3ccccc3c3ccccc32)cc1. The molecule has 0 radical (unpaired) electrons. The molecular weight excluding hydrogens is 338 g/mol. The summed E-state index contributed by atoms with van der Waals surface area (Å²) in [5.74, 6) is 0.737. The molecule has 1 aromatic heterocycles. The lowest BCUT2D eigenvalue weighted by Gasteiger charge is -2.06. The second kappa shape index (κ2) is 7.33. The van der Waals surface area contributed by atoms with Gasteiger partial charge in [0.1, 0.15) is 12.3 Å². The first-order valence-electron chi connectivity index (χ1n) is 8.69. The minimum atomic E-state index is -0.0562. The summed E-state index contributed by atoms with van der Waals surface area (Å²) in [5, 5.41) is 6.30. The number of para-hydroxylation sites is 2. The Morgan fingerprint density at radius 1 is 0.963 bits per heavy atom. The number of methoxy groups -OCH3 is 1. The van der Waals surface area contributed by atoms with Crippen LogP contribution in [0.25, 0.3) is 21.8 Å². The van der Waals surface area contributed by atoms with Crippen LogP contribution in [-0.2, 0) is 0 Å². The van der Waals surface area contributed by atoms with E-state index in [4.69, 9.17) is 4.74 Å². The van der Waals surface area contributed by atoms with E-state index in [0.717, 1.165) is 33.1 Å². The van der Waals surface area contributed by atoms with Crippen molar-refractivity contribution in [2.45, 2.75) is 0 Å². The molecule has 0 saturated heterocycles. The third kappa shape index (κ3) is 3.27. The maximum Gasteiger partial charge on any atom is 0.252 e. The van der Waals surface area contributed by atoms with Crippen LogP contribution in [-0.4, -0.2) is 30.3 Å². The first-order chi connectivity index (χ1) is 13.3. The zero-order chi connectivity index (χ0) is 18.6. The molecule has 0 saturated carbocycles. The number of fused-ring (bicyclic) bond motifs is 3. The molecule has 4 aromatic rings. The molecule has 1 heterocycles. The van der Waals surface area contributed by atoms with Crippen molar-refractivity contribution >= 4 is 33.9 Å². The van der Waals surface area contributed by atoms with Crippen molar-refractivity contribution in [1.82, 2.24) is 9.99 Å². The summed E-state index contributed by atoms with van der Waals surface area (Å²) in [5.41, 5.74) is 5.59. The fourth-order valence-corrected chi connectivity index (χ4v) is 3.19. The topological polar surface area (TPSA) is 55.6 Å². The normalized spacial score (nSPS) is 11.3. The second-order valence-corrected chi connectivity index (χ2v) is 6.13. The molecule has 0 fully saturated rings. The first kappa shape index (κ1) is 16.8. The number of nitrogens with one attached hydrogen (secondary N) is 1. The van der Waals surface area contributed by atoms with Gasteiger partial charge in [-0.25, -0.2) is 0 Å². The van der Waals surface area contributed by atoms with E-state index in [1.165, 1.54) is 0 Å². The highest BCUT2D eigenvalue weighted by Crippen LogP contribution is 2.28. The predicted octanol–water partition coefficient (Wildman–Crippen LogP) is 4.07. The Kier molecular flexibility index (Phi) is 4.58. The van der Waals surface area contributed by atoms with Crippen LogP contribution in [0.4, 0.5) is 0 Å². The molecule has 27 heavy (non-hydrogen) atoms. The van der Waals surface area contributed by atoms with Gasteiger partial charge in [-0.1, -0.05) is 36.4 Å². The lowest BCUT2D eigenvalue weighted by atomic mass is 10.2. The number of aromatic nitrogens is 1. The van der Waals surface area contributed by atoms with Crippen LogP contribution in [0.5, 0.6) is 5.75 Å². The van der Waals surface area contributed by atoms with Gasteiger partial charge >= 0.3 is 0 Å². The quantitative estimate of drug-likeness (QED) is 0.433. The summed E-state index contributed by atoms with van der Waals surface area (Å²) in [6, 6.07) is 23.4. The molecule has 5 heteroatoms. The number of hydrogen-bond acceptors (Lipinski definition) is 4. The number of ether oxygens (including phenoxy) is 1. The molecule has 1 N–H and O–H groups in total.